The van der Waals surface area contributed by atoms with Gasteiger partial charge in [-0.1, -0.05) is 72.8 Å². The van der Waals surface area contributed by atoms with Crippen LogP contribution in [-0.4, -0.2) is 17.5 Å². The minimum Gasteiger partial charge on any atom is -0.326 e. The summed E-state index contributed by atoms with van der Waals surface area (Å²) in [5.74, 6) is -0.391. The fraction of sp³-hybridized carbons (Fsp3) is 0.160. The number of carbonyl (C=O) groups excluding carboxylic acids is 2. The zero-order chi connectivity index (χ0) is 21.3. The van der Waals surface area contributed by atoms with Gasteiger partial charge in [-0.15, -0.1) is 0 Å². The van der Waals surface area contributed by atoms with Crippen molar-refractivity contribution >= 4 is 23.2 Å². The molecule has 3 aromatic carbocycles. The van der Waals surface area contributed by atoms with E-state index >= 15 is 0 Å². The van der Waals surface area contributed by atoms with Crippen molar-refractivity contribution in [1.29, 1.82) is 0 Å². The van der Waals surface area contributed by atoms with Crippen molar-refractivity contribution in [2.75, 3.05) is 5.32 Å². The van der Waals surface area contributed by atoms with Crippen molar-refractivity contribution in [3.63, 3.8) is 0 Å². The van der Waals surface area contributed by atoms with Crippen LogP contribution in [0.3, 0.4) is 0 Å². The minimum absolute atomic E-state index is 0.111. The highest BCUT2D eigenvalue weighted by atomic mass is 16.2. The molecule has 0 bridgehead atoms. The number of amides is 2. The van der Waals surface area contributed by atoms with Gasteiger partial charge in [-0.05, 0) is 42.2 Å². The Labute approximate surface area is 176 Å². The van der Waals surface area contributed by atoms with Gasteiger partial charge in [0, 0.05) is 11.4 Å². The lowest BCUT2D eigenvalue weighted by Gasteiger charge is -2.08. The van der Waals surface area contributed by atoms with E-state index in [1.54, 1.807) is 6.92 Å². The second-order valence-electron chi connectivity index (χ2n) is 7.16. The fourth-order valence-electron chi connectivity index (χ4n) is 3.01. The molecule has 0 radical (unpaired) electrons. The second kappa shape index (κ2) is 10.2. The molecule has 0 heterocycles. The highest BCUT2D eigenvalue weighted by Gasteiger charge is 2.08. The van der Waals surface area contributed by atoms with E-state index in [1.165, 1.54) is 0 Å². The van der Waals surface area contributed by atoms with Crippen LogP contribution < -0.4 is 10.7 Å². The largest absolute Gasteiger partial charge is 0.326 e. The highest BCUT2D eigenvalue weighted by molar-refractivity contribution is 6.06. The topological polar surface area (TPSA) is 70.6 Å². The molecule has 0 saturated carbocycles. The molecule has 2 N–H and O–H groups in total. The Hall–Kier alpha value is -3.73. The number of nitrogens with zero attached hydrogens (tertiary/aromatic N) is 1. The van der Waals surface area contributed by atoms with Crippen molar-refractivity contribution in [2.24, 2.45) is 5.10 Å². The van der Waals surface area contributed by atoms with E-state index in [0.717, 1.165) is 27.9 Å². The van der Waals surface area contributed by atoms with Crippen molar-refractivity contribution < 1.29 is 9.59 Å². The van der Waals surface area contributed by atoms with Gasteiger partial charge in [-0.25, -0.2) is 5.43 Å². The smallest absolute Gasteiger partial charge is 0.244 e. The molecular formula is C25H25N3O2. The predicted molar refractivity (Wildman–Crippen MR) is 121 cm³/mol. The number of hydrogen-bond acceptors (Lipinski definition) is 3. The molecule has 2 amide bonds. The van der Waals surface area contributed by atoms with E-state index in [2.05, 4.69) is 28.0 Å². The molecule has 0 aliphatic rings. The van der Waals surface area contributed by atoms with Gasteiger partial charge in [-0.2, -0.15) is 5.10 Å². The van der Waals surface area contributed by atoms with Crippen molar-refractivity contribution in [3.05, 3.63) is 90.0 Å². The predicted octanol–water partition coefficient (Wildman–Crippen LogP) is 4.73. The molecule has 152 valence electrons. The number of hydrogen-bond donors (Lipinski definition) is 2. The fourth-order valence-corrected chi connectivity index (χ4v) is 3.01. The van der Waals surface area contributed by atoms with E-state index in [0.29, 0.717) is 5.71 Å². The molecule has 0 unspecified atom stereocenters. The molecule has 3 aromatic rings. The van der Waals surface area contributed by atoms with Gasteiger partial charge in [0.2, 0.25) is 11.8 Å². The van der Waals surface area contributed by atoms with Crippen molar-refractivity contribution in [2.45, 2.75) is 26.7 Å². The molecule has 0 spiro atoms. The van der Waals surface area contributed by atoms with Crippen LogP contribution in [-0.2, 0) is 16.0 Å². The van der Waals surface area contributed by atoms with E-state index in [4.69, 9.17) is 0 Å². The quantitative estimate of drug-likeness (QED) is 0.446. The zero-order valence-electron chi connectivity index (χ0n) is 17.2. The first kappa shape index (κ1) is 21.0. The maximum absolute atomic E-state index is 12.2. The van der Waals surface area contributed by atoms with E-state index in [9.17, 15) is 9.59 Å². The van der Waals surface area contributed by atoms with Crippen LogP contribution in [0.15, 0.2) is 84.0 Å². The van der Waals surface area contributed by atoms with Crippen molar-refractivity contribution in [1.82, 2.24) is 5.43 Å². The highest BCUT2D eigenvalue weighted by Crippen LogP contribution is 2.19. The first-order valence-corrected chi connectivity index (χ1v) is 9.83. The Kier molecular flexibility index (Phi) is 7.11. The number of benzene rings is 3. The monoisotopic (exact) mass is 399 g/mol. The summed E-state index contributed by atoms with van der Waals surface area (Å²) in [6.07, 6.45) is 0.335. The van der Waals surface area contributed by atoms with Crippen LogP contribution in [0, 0.1) is 6.92 Å². The standard InChI is InChI=1S/C25H25N3O2/c1-18-8-6-7-11-23(18)26-24(29)16-19(2)27-28-25(30)17-20-12-14-22(15-13-20)21-9-4-3-5-10-21/h3-15H,16-17H2,1-2H3,(H,26,29)(H,28,30)/b27-19+. The molecule has 5 nitrogen and oxygen atoms in total. The Morgan fingerprint density at radius 2 is 1.43 bits per heavy atom. The van der Waals surface area contributed by atoms with Crippen LogP contribution in [0.2, 0.25) is 0 Å². The number of hydrazone groups is 1. The summed E-state index contributed by atoms with van der Waals surface area (Å²) in [5.41, 5.74) is 7.97. The number of rotatable bonds is 7. The van der Waals surface area contributed by atoms with Gasteiger partial charge in [0.15, 0.2) is 0 Å². The maximum atomic E-state index is 12.2. The third-order valence-corrected chi connectivity index (χ3v) is 4.63. The molecule has 30 heavy (non-hydrogen) atoms. The number of nitrogens with one attached hydrogen (secondary N) is 2. The van der Waals surface area contributed by atoms with Gasteiger partial charge >= 0.3 is 0 Å². The molecule has 0 aromatic heterocycles. The third kappa shape index (κ3) is 6.14. The molecule has 5 heteroatoms. The minimum atomic E-state index is -0.221. The number of aryl methyl sites for hydroxylation is 1. The van der Waals surface area contributed by atoms with E-state index in [-0.39, 0.29) is 24.7 Å². The molecule has 0 atom stereocenters. The van der Waals surface area contributed by atoms with Gasteiger partial charge < -0.3 is 5.32 Å². The van der Waals surface area contributed by atoms with Gasteiger partial charge in [0.05, 0.1) is 12.8 Å². The summed E-state index contributed by atoms with van der Waals surface area (Å²) in [7, 11) is 0. The van der Waals surface area contributed by atoms with Crippen LogP contribution >= 0.6 is 0 Å². The van der Waals surface area contributed by atoms with Crippen LogP contribution in [0.5, 0.6) is 0 Å². The Morgan fingerprint density at radius 3 is 2.13 bits per heavy atom. The summed E-state index contributed by atoms with van der Waals surface area (Å²) in [4.78, 5) is 24.3. The molecular weight excluding hydrogens is 374 g/mol. The third-order valence-electron chi connectivity index (χ3n) is 4.63. The molecule has 0 fully saturated rings. The lowest BCUT2D eigenvalue weighted by Crippen LogP contribution is -2.23. The summed E-state index contributed by atoms with van der Waals surface area (Å²) in [5, 5.41) is 6.90. The number of anilines is 1. The summed E-state index contributed by atoms with van der Waals surface area (Å²) < 4.78 is 0. The van der Waals surface area contributed by atoms with E-state index < -0.39 is 0 Å². The molecule has 0 saturated heterocycles. The Balaban J connectivity index is 1.49. The first-order chi connectivity index (χ1) is 14.5. The van der Waals surface area contributed by atoms with Gasteiger partial charge in [-0.3, -0.25) is 9.59 Å². The SMILES string of the molecule is C/C(CC(=O)Nc1ccccc1C)=N\NC(=O)Cc1ccc(-c2ccccc2)cc1. The second-order valence-corrected chi connectivity index (χ2v) is 7.16. The van der Waals surface area contributed by atoms with Gasteiger partial charge in [0.25, 0.3) is 0 Å². The zero-order valence-corrected chi connectivity index (χ0v) is 17.2. The molecule has 0 aliphatic heterocycles. The Bertz CT molecular complexity index is 1040. The molecule has 3 rings (SSSR count). The van der Waals surface area contributed by atoms with Crippen LogP contribution in [0.1, 0.15) is 24.5 Å². The Morgan fingerprint density at radius 1 is 0.800 bits per heavy atom. The van der Waals surface area contributed by atoms with Gasteiger partial charge in [0.1, 0.15) is 0 Å². The van der Waals surface area contributed by atoms with E-state index in [1.807, 2.05) is 73.7 Å². The van der Waals surface area contributed by atoms with Crippen LogP contribution in [0.25, 0.3) is 11.1 Å². The number of para-hydroxylation sites is 1. The summed E-state index contributed by atoms with van der Waals surface area (Å²) in [6, 6.07) is 25.5. The average Bonchev–Trinajstić information content (AvgIpc) is 2.75. The normalized spacial score (nSPS) is 11.1. The van der Waals surface area contributed by atoms with Crippen molar-refractivity contribution in [3.8, 4) is 11.1 Å². The van der Waals surface area contributed by atoms with Crippen LogP contribution in [0.4, 0.5) is 5.69 Å². The molecule has 0 aliphatic carbocycles. The summed E-state index contributed by atoms with van der Waals surface area (Å²) >= 11 is 0. The number of carbonyl (C=O) groups is 2. The lowest BCUT2D eigenvalue weighted by molar-refractivity contribution is -0.120. The maximum Gasteiger partial charge on any atom is 0.244 e. The lowest BCUT2D eigenvalue weighted by atomic mass is 10.0. The first-order valence-electron chi connectivity index (χ1n) is 9.83. The average molecular weight is 399 g/mol. The summed E-state index contributed by atoms with van der Waals surface area (Å²) in [6.45, 7) is 3.65.